The van der Waals surface area contributed by atoms with E-state index in [0.29, 0.717) is 11.3 Å². The van der Waals surface area contributed by atoms with E-state index in [9.17, 15) is 8.42 Å². The van der Waals surface area contributed by atoms with Crippen LogP contribution in [0, 0.1) is 0 Å². The van der Waals surface area contributed by atoms with Crippen molar-refractivity contribution in [2.45, 2.75) is 5.44 Å². The molecule has 0 amide bonds. The van der Waals surface area contributed by atoms with Gasteiger partial charge in [0.2, 0.25) is 15.5 Å². The molecule has 0 bridgehead atoms. The molecule has 0 aliphatic carbocycles. The second-order valence-electron chi connectivity index (χ2n) is 2.64. The summed E-state index contributed by atoms with van der Waals surface area (Å²) in [6.45, 7) is 0. The maximum Gasteiger partial charge on any atom is 0.247 e. The van der Waals surface area contributed by atoms with Crippen molar-refractivity contribution in [1.29, 1.82) is 0 Å². The third-order valence-electron chi connectivity index (χ3n) is 1.70. The Balaban J connectivity index is 2.51. The Morgan fingerprint density at radius 3 is 2.69 bits per heavy atom. The van der Waals surface area contributed by atoms with Gasteiger partial charge < -0.3 is 4.89 Å². The largest absolute Gasteiger partial charge is 0.335 e. The van der Waals surface area contributed by atoms with Crippen LogP contribution < -0.4 is 10.0 Å². The second kappa shape index (κ2) is 2.69. The van der Waals surface area contributed by atoms with Gasteiger partial charge in [0, 0.05) is 5.56 Å². The smallest absolute Gasteiger partial charge is 0.247 e. The number of fused-ring (bicyclic) bond motifs is 1. The normalized spacial score (nSPS) is 20.8. The van der Waals surface area contributed by atoms with Gasteiger partial charge in [-0.05, 0) is 6.07 Å². The fraction of sp³-hybridized carbons (Fsp3) is 0.143. The van der Waals surface area contributed by atoms with Crippen LogP contribution in [0.1, 0.15) is 11.0 Å². The number of rotatable bonds is 1. The summed E-state index contributed by atoms with van der Waals surface area (Å²) in [5.74, 6) is 0.390. The molecule has 1 aliphatic heterocycles. The van der Waals surface area contributed by atoms with Gasteiger partial charge >= 0.3 is 0 Å². The van der Waals surface area contributed by atoms with Crippen molar-refractivity contribution < 1.29 is 18.2 Å². The molecule has 1 atom stereocenters. The van der Waals surface area contributed by atoms with Crippen molar-refractivity contribution in [1.82, 2.24) is 0 Å². The van der Waals surface area contributed by atoms with Gasteiger partial charge in [0.15, 0.2) is 5.75 Å². The fourth-order valence-corrected chi connectivity index (χ4v) is 1.83. The van der Waals surface area contributed by atoms with Crippen LogP contribution in [0.4, 0.5) is 0 Å². The van der Waals surface area contributed by atoms with E-state index in [2.05, 4.69) is 9.78 Å². The molecule has 1 unspecified atom stereocenters. The zero-order chi connectivity index (χ0) is 9.47. The first-order valence-electron chi connectivity index (χ1n) is 3.53. The van der Waals surface area contributed by atoms with Gasteiger partial charge in [0.05, 0.1) is 0 Å². The molecule has 2 N–H and O–H groups in total. The molecule has 1 heterocycles. The molecule has 0 saturated heterocycles. The lowest BCUT2D eigenvalue weighted by molar-refractivity contribution is -0.200. The SMILES string of the molecule is NS(=O)(=O)C1OOc2ccccc21. The van der Waals surface area contributed by atoms with Gasteiger partial charge in [-0.25, -0.2) is 13.6 Å². The summed E-state index contributed by atoms with van der Waals surface area (Å²) in [7, 11) is -3.76. The van der Waals surface area contributed by atoms with Crippen LogP contribution in [0.5, 0.6) is 5.75 Å². The maximum atomic E-state index is 11.0. The highest BCUT2D eigenvalue weighted by Crippen LogP contribution is 2.36. The van der Waals surface area contributed by atoms with Gasteiger partial charge in [-0.1, -0.05) is 18.2 Å². The van der Waals surface area contributed by atoms with Crippen molar-refractivity contribution in [3.8, 4) is 5.75 Å². The van der Waals surface area contributed by atoms with Crippen molar-refractivity contribution >= 4 is 10.0 Å². The molecule has 1 aliphatic rings. The Labute approximate surface area is 75.0 Å². The standard InChI is InChI=1S/C7H7NO4S/c8-13(9,10)7-5-3-1-2-4-6(5)11-12-7/h1-4,7H,(H2,8,9,10). The molecule has 6 heteroatoms. The molecule has 70 valence electrons. The van der Waals surface area contributed by atoms with Crippen LogP contribution in [-0.4, -0.2) is 8.42 Å². The number of primary sulfonamides is 1. The number of hydrogen-bond acceptors (Lipinski definition) is 4. The Hall–Kier alpha value is -1.11. The molecule has 0 radical (unpaired) electrons. The number of hydrogen-bond donors (Lipinski definition) is 1. The summed E-state index contributed by atoms with van der Waals surface area (Å²) in [6.07, 6.45) is 0. The molecule has 2 rings (SSSR count). The van der Waals surface area contributed by atoms with Crippen LogP contribution in [0.25, 0.3) is 0 Å². The highest BCUT2D eigenvalue weighted by atomic mass is 32.2. The van der Waals surface area contributed by atoms with E-state index in [0.717, 1.165) is 0 Å². The molecule has 13 heavy (non-hydrogen) atoms. The van der Waals surface area contributed by atoms with Crippen LogP contribution in [0.3, 0.4) is 0 Å². The van der Waals surface area contributed by atoms with Crippen molar-refractivity contribution in [3.05, 3.63) is 29.8 Å². The van der Waals surface area contributed by atoms with Crippen molar-refractivity contribution in [2.24, 2.45) is 5.14 Å². The minimum atomic E-state index is -3.76. The monoisotopic (exact) mass is 201 g/mol. The Morgan fingerprint density at radius 2 is 2.00 bits per heavy atom. The predicted octanol–water partition coefficient (Wildman–Crippen LogP) is 0.298. The molecule has 0 saturated carbocycles. The summed E-state index contributed by atoms with van der Waals surface area (Å²) >= 11 is 0. The first kappa shape index (κ1) is 8.49. The lowest BCUT2D eigenvalue weighted by atomic mass is 10.2. The molecule has 0 aromatic heterocycles. The summed E-state index contributed by atoms with van der Waals surface area (Å²) in [5.41, 5.74) is -0.770. The summed E-state index contributed by atoms with van der Waals surface area (Å²) in [4.78, 5) is 9.25. The zero-order valence-corrected chi connectivity index (χ0v) is 7.32. The van der Waals surface area contributed by atoms with Gasteiger partial charge in [0.25, 0.3) is 0 Å². The second-order valence-corrected chi connectivity index (χ2v) is 4.24. The molecule has 5 nitrogen and oxygen atoms in total. The van der Waals surface area contributed by atoms with Crippen LogP contribution in [0.15, 0.2) is 24.3 Å². The maximum absolute atomic E-state index is 11.0. The fourth-order valence-electron chi connectivity index (χ4n) is 1.13. The Morgan fingerprint density at radius 1 is 1.31 bits per heavy atom. The predicted molar refractivity (Wildman–Crippen MR) is 44.0 cm³/mol. The average Bonchev–Trinajstić information content (AvgIpc) is 2.45. The van der Waals surface area contributed by atoms with Crippen LogP contribution >= 0.6 is 0 Å². The lowest BCUT2D eigenvalue weighted by Crippen LogP contribution is -2.21. The average molecular weight is 201 g/mol. The number of benzene rings is 1. The van der Waals surface area contributed by atoms with E-state index >= 15 is 0 Å². The third-order valence-corrected chi connectivity index (χ3v) is 2.63. The topological polar surface area (TPSA) is 78.6 Å². The zero-order valence-electron chi connectivity index (χ0n) is 6.51. The quantitative estimate of drug-likeness (QED) is 0.662. The molecule has 0 spiro atoms. The number of sulfonamides is 1. The first-order chi connectivity index (χ1) is 6.09. The van der Waals surface area contributed by atoms with E-state index in [1.165, 1.54) is 0 Å². The van der Waals surface area contributed by atoms with E-state index in [4.69, 9.17) is 5.14 Å². The molecule has 1 aromatic carbocycles. The van der Waals surface area contributed by atoms with E-state index in [1.54, 1.807) is 24.3 Å². The third kappa shape index (κ3) is 1.39. The Bertz CT molecular complexity index is 428. The van der Waals surface area contributed by atoms with Gasteiger partial charge in [0.1, 0.15) is 0 Å². The van der Waals surface area contributed by atoms with E-state index in [1.807, 2.05) is 0 Å². The van der Waals surface area contributed by atoms with Crippen molar-refractivity contribution in [3.63, 3.8) is 0 Å². The molecular formula is C7H7NO4S. The molecule has 0 fully saturated rings. The van der Waals surface area contributed by atoms with Crippen LogP contribution in [0.2, 0.25) is 0 Å². The highest BCUT2D eigenvalue weighted by Gasteiger charge is 2.34. The van der Waals surface area contributed by atoms with Crippen molar-refractivity contribution in [2.75, 3.05) is 0 Å². The Kier molecular flexibility index (Phi) is 1.76. The lowest BCUT2D eigenvalue weighted by Gasteiger charge is -2.02. The minimum absolute atomic E-state index is 0.390. The summed E-state index contributed by atoms with van der Waals surface area (Å²) in [6, 6.07) is 6.61. The number of para-hydroxylation sites is 1. The first-order valence-corrected chi connectivity index (χ1v) is 5.14. The number of nitrogens with two attached hydrogens (primary N) is 1. The minimum Gasteiger partial charge on any atom is -0.335 e. The van der Waals surface area contributed by atoms with Gasteiger partial charge in [-0.2, -0.15) is 4.89 Å². The molecular weight excluding hydrogens is 194 g/mol. The molecule has 1 aromatic rings. The van der Waals surface area contributed by atoms with Crippen LogP contribution in [-0.2, 0) is 14.9 Å². The van der Waals surface area contributed by atoms with E-state index < -0.39 is 15.5 Å². The summed E-state index contributed by atoms with van der Waals surface area (Å²) in [5, 5.41) is 4.92. The summed E-state index contributed by atoms with van der Waals surface area (Å²) < 4.78 is 21.9. The van der Waals surface area contributed by atoms with Gasteiger partial charge in [-0.3, -0.25) is 0 Å². The van der Waals surface area contributed by atoms with E-state index in [-0.39, 0.29) is 0 Å². The van der Waals surface area contributed by atoms with Gasteiger partial charge in [-0.15, -0.1) is 0 Å². The highest BCUT2D eigenvalue weighted by molar-refractivity contribution is 7.89.